The van der Waals surface area contributed by atoms with E-state index in [0.717, 1.165) is 22.1 Å². The Kier molecular flexibility index (Phi) is 4.50. The van der Waals surface area contributed by atoms with Gasteiger partial charge < -0.3 is 5.32 Å². The van der Waals surface area contributed by atoms with Crippen LogP contribution in [0.3, 0.4) is 0 Å². The van der Waals surface area contributed by atoms with E-state index in [9.17, 15) is 4.39 Å². The smallest absolute Gasteiger partial charge is 0.123 e. The fourth-order valence-electron chi connectivity index (χ4n) is 2.01. The molecule has 0 radical (unpaired) electrons. The van der Waals surface area contributed by atoms with Gasteiger partial charge in [0.25, 0.3) is 0 Å². The topological polar surface area (TPSA) is 12.0 Å². The third kappa shape index (κ3) is 2.98. The summed E-state index contributed by atoms with van der Waals surface area (Å²) in [6.07, 6.45) is 0. The predicted molar refractivity (Wildman–Crippen MR) is 76.1 cm³/mol. The number of nitrogens with one attached hydrogen (secondary N) is 1. The van der Waals surface area contributed by atoms with E-state index in [4.69, 9.17) is 0 Å². The summed E-state index contributed by atoms with van der Waals surface area (Å²) in [5.41, 5.74) is 2.05. The van der Waals surface area contributed by atoms with Gasteiger partial charge in [-0.1, -0.05) is 53.2 Å². The van der Waals surface area contributed by atoms with Gasteiger partial charge in [0.1, 0.15) is 5.82 Å². The molecule has 2 aromatic carbocycles. The molecule has 3 heteroatoms. The van der Waals surface area contributed by atoms with Crippen molar-refractivity contribution in [2.24, 2.45) is 0 Å². The van der Waals surface area contributed by atoms with Gasteiger partial charge in [0.05, 0.1) is 6.04 Å². The van der Waals surface area contributed by atoms with Crippen molar-refractivity contribution in [1.82, 2.24) is 5.32 Å². The molecular weight excluding hydrogens is 293 g/mol. The van der Waals surface area contributed by atoms with E-state index in [1.54, 1.807) is 12.1 Å². The molecule has 1 atom stereocenters. The van der Waals surface area contributed by atoms with Crippen LogP contribution in [0.4, 0.5) is 4.39 Å². The molecule has 1 nitrogen and oxygen atoms in total. The average molecular weight is 308 g/mol. The Morgan fingerprint density at radius 3 is 2.61 bits per heavy atom. The van der Waals surface area contributed by atoms with Crippen molar-refractivity contribution in [3.05, 3.63) is 69.9 Å². The quantitative estimate of drug-likeness (QED) is 0.888. The lowest BCUT2D eigenvalue weighted by atomic mass is 9.98. The van der Waals surface area contributed by atoms with Crippen LogP contribution in [0, 0.1) is 5.82 Å². The minimum atomic E-state index is -0.206. The highest BCUT2D eigenvalue weighted by atomic mass is 79.9. The van der Waals surface area contributed by atoms with Gasteiger partial charge in [-0.05, 0) is 35.9 Å². The zero-order valence-corrected chi connectivity index (χ0v) is 11.7. The van der Waals surface area contributed by atoms with E-state index in [0.29, 0.717) is 0 Å². The number of rotatable bonds is 4. The van der Waals surface area contributed by atoms with Gasteiger partial charge in [-0.3, -0.25) is 0 Å². The van der Waals surface area contributed by atoms with Crippen molar-refractivity contribution < 1.29 is 4.39 Å². The molecule has 0 bridgehead atoms. The molecule has 1 unspecified atom stereocenters. The summed E-state index contributed by atoms with van der Waals surface area (Å²) in [6.45, 7) is 2.87. The first kappa shape index (κ1) is 13.2. The first-order valence-corrected chi connectivity index (χ1v) is 6.75. The van der Waals surface area contributed by atoms with Crippen molar-refractivity contribution in [3.63, 3.8) is 0 Å². The molecule has 0 spiro atoms. The van der Waals surface area contributed by atoms with Gasteiger partial charge in [-0.15, -0.1) is 0 Å². The second-order valence-electron chi connectivity index (χ2n) is 4.07. The fourth-order valence-corrected chi connectivity index (χ4v) is 2.52. The van der Waals surface area contributed by atoms with Crippen LogP contribution in [-0.2, 0) is 0 Å². The third-order valence-corrected chi connectivity index (χ3v) is 3.53. The fraction of sp³-hybridized carbons (Fsp3) is 0.200. The summed E-state index contributed by atoms with van der Waals surface area (Å²) < 4.78 is 14.4. The Hall–Kier alpha value is -1.19. The van der Waals surface area contributed by atoms with Crippen molar-refractivity contribution in [1.29, 1.82) is 0 Å². The largest absolute Gasteiger partial charge is 0.306 e. The van der Waals surface area contributed by atoms with Crippen molar-refractivity contribution in [3.8, 4) is 0 Å². The summed E-state index contributed by atoms with van der Waals surface area (Å²) in [7, 11) is 0. The standard InChI is InChI=1S/C15H15BrFN/c1-2-18-15(11-6-5-7-12(17)10-11)13-8-3-4-9-14(13)16/h3-10,15,18H,2H2,1H3. The summed E-state index contributed by atoms with van der Waals surface area (Å²) >= 11 is 3.55. The van der Waals surface area contributed by atoms with Gasteiger partial charge in [0.2, 0.25) is 0 Å². The number of benzene rings is 2. The van der Waals surface area contributed by atoms with Crippen LogP contribution in [0.25, 0.3) is 0 Å². The van der Waals surface area contributed by atoms with E-state index < -0.39 is 0 Å². The van der Waals surface area contributed by atoms with E-state index in [-0.39, 0.29) is 11.9 Å². The summed E-state index contributed by atoms with van der Waals surface area (Å²) in [5, 5.41) is 3.39. The van der Waals surface area contributed by atoms with Crippen LogP contribution in [0.2, 0.25) is 0 Å². The van der Waals surface area contributed by atoms with Crippen LogP contribution in [0.15, 0.2) is 53.0 Å². The summed E-state index contributed by atoms with van der Waals surface area (Å²) in [6, 6.07) is 14.7. The molecule has 1 N–H and O–H groups in total. The van der Waals surface area contributed by atoms with Gasteiger partial charge in [-0.25, -0.2) is 4.39 Å². The van der Waals surface area contributed by atoms with E-state index in [2.05, 4.69) is 21.2 Å². The Labute approximate surface area is 115 Å². The predicted octanol–water partition coefficient (Wildman–Crippen LogP) is 4.29. The molecule has 0 aromatic heterocycles. The Balaban J connectivity index is 2.43. The monoisotopic (exact) mass is 307 g/mol. The highest BCUT2D eigenvalue weighted by Gasteiger charge is 2.15. The number of halogens is 2. The summed E-state index contributed by atoms with van der Waals surface area (Å²) in [5.74, 6) is -0.206. The van der Waals surface area contributed by atoms with Crippen LogP contribution in [-0.4, -0.2) is 6.54 Å². The van der Waals surface area contributed by atoms with Crippen molar-refractivity contribution in [2.45, 2.75) is 13.0 Å². The highest BCUT2D eigenvalue weighted by molar-refractivity contribution is 9.10. The molecule has 0 saturated heterocycles. The minimum absolute atomic E-state index is 0.00118. The zero-order valence-electron chi connectivity index (χ0n) is 10.2. The molecule has 94 valence electrons. The van der Waals surface area contributed by atoms with Crippen LogP contribution >= 0.6 is 15.9 Å². The maximum atomic E-state index is 13.3. The molecule has 2 rings (SSSR count). The Bertz CT molecular complexity index is 527. The lowest BCUT2D eigenvalue weighted by molar-refractivity contribution is 0.602. The maximum absolute atomic E-state index is 13.3. The Morgan fingerprint density at radius 2 is 1.94 bits per heavy atom. The SMILES string of the molecule is CCNC(c1cccc(F)c1)c1ccccc1Br. The second kappa shape index (κ2) is 6.12. The normalized spacial score (nSPS) is 12.4. The van der Waals surface area contributed by atoms with Crippen molar-refractivity contribution in [2.75, 3.05) is 6.54 Å². The molecule has 0 aliphatic rings. The minimum Gasteiger partial charge on any atom is -0.306 e. The molecule has 0 heterocycles. The van der Waals surface area contributed by atoms with Gasteiger partial charge in [-0.2, -0.15) is 0 Å². The summed E-state index contributed by atoms with van der Waals surface area (Å²) in [4.78, 5) is 0. The molecule has 0 aliphatic carbocycles. The molecular formula is C15H15BrFN. The van der Waals surface area contributed by atoms with E-state index in [1.807, 2.05) is 37.3 Å². The van der Waals surface area contributed by atoms with Crippen LogP contribution < -0.4 is 5.32 Å². The maximum Gasteiger partial charge on any atom is 0.123 e. The molecule has 0 saturated carbocycles. The van der Waals surface area contributed by atoms with Gasteiger partial charge >= 0.3 is 0 Å². The second-order valence-corrected chi connectivity index (χ2v) is 4.92. The van der Waals surface area contributed by atoms with Crippen molar-refractivity contribution >= 4 is 15.9 Å². The Morgan fingerprint density at radius 1 is 1.17 bits per heavy atom. The van der Waals surface area contributed by atoms with E-state index in [1.165, 1.54) is 6.07 Å². The van der Waals surface area contributed by atoms with Crippen LogP contribution in [0.1, 0.15) is 24.1 Å². The number of hydrogen-bond donors (Lipinski definition) is 1. The van der Waals surface area contributed by atoms with E-state index >= 15 is 0 Å². The lowest BCUT2D eigenvalue weighted by Crippen LogP contribution is -2.22. The molecule has 18 heavy (non-hydrogen) atoms. The molecule has 0 aliphatic heterocycles. The zero-order chi connectivity index (χ0) is 13.0. The van der Waals surface area contributed by atoms with Gasteiger partial charge in [0.15, 0.2) is 0 Å². The first-order valence-electron chi connectivity index (χ1n) is 5.95. The number of hydrogen-bond acceptors (Lipinski definition) is 1. The highest BCUT2D eigenvalue weighted by Crippen LogP contribution is 2.28. The lowest BCUT2D eigenvalue weighted by Gasteiger charge is -2.20. The molecule has 0 amide bonds. The van der Waals surface area contributed by atoms with Gasteiger partial charge in [0, 0.05) is 4.47 Å². The first-order chi connectivity index (χ1) is 8.72. The molecule has 2 aromatic rings. The third-order valence-electron chi connectivity index (χ3n) is 2.81. The van der Waals surface area contributed by atoms with Crippen LogP contribution in [0.5, 0.6) is 0 Å². The average Bonchev–Trinajstić information content (AvgIpc) is 2.37. The molecule has 0 fully saturated rings.